The lowest BCUT2D eigenvalue weighted by Gasteiger charge is -2.18. The highest BCUT2D eigenvalue weighted by Gasteiger charge is 2.17. The van der Waals surface area contributed by atoms with E-state index < -0.39 is 11.6 Å². The Morgan fingerprint density at radius 1 is 1.17 bits per heavy atom. The molecule has 3 aromatic rings. The molecule has 1 aromatic heterocycles. The highest BCUT2D eigenvalue weighted by Crippen LogP contribution is 2.20. The van der Waals surface area contributed by atoms with Crippen molar-refractivity contribution in [3.8, 4) is 5.75 Å². The summed E-state index contributed by atoms with van der Waals surface area (Å²) in [7, 11) is 1.75. The maximum absolute atomic E-state index is 13.7. The number of hydrogen-bond donors (Lipinski definition) is 0. The van der Waals surface area contributed by atoms with Crippen molar-refractivity contribution in [2.45, 2.75) is 40.5 Å². The Morgan fingerprint density at radius 3 is 2.60 bits per heavy atom. The zero-order valence-electron chi connectivity index (χ0n) is 17.6. The molecule has 0 bridgehead atoms. The molecule has 0 radical (unpaired) electrons. The van der Waals surface area contributed by atoms with Crippen LogP contribution < -0.4 is 4.74 Å². The van der Waals surface area contributed by atoms with Gasteiger partial charge in [0.15, 0.2) is 11.6 Å². The van der Waals surface area contributed by atoms with Crippen molar-refractivity contribution >= 4 is 5.91 Å². The van der Waals surface area contributed by atoms with Crippen LogP contribution in [0.1, 0.15) is 39.8 Å². The maximum Gasteiger partial charge on any atom is 0.253 e. The van der Waals surface area contributed by atoms with Crippen LogP contribution in [0.3, 0.4) is 0 Å². The number of carbonyl (C=O) groups excluding carboxylic acids is 1. The van der Waals surface area contributed by atoms with E-state index in [-0.39, 0.29) is 18.3 Å². The zero-order chi connectivity index (χ0) is 21.8. The molecule has 0 N–H and O–H groups in total. The van der Waals surface area contributed by atoms with Crippen molar-refractivity contribution in [1.29, 1.82) is 0 Å². The van der Waals surface area contributed by atoms with E-state index in [1.165, 1.54) is 6.07 Å². The van der Waals surface area contributed by atoms with Crippen molar-refractivity contribution in [1.82, 2.24) is 14.7 Å². The highest BCUT2D eigenvalue weighted by molar-refractivity contribution is 5.94. The molecule has 7 heteroatoms. The van der Waals surface area contributed by atoms with E-state index in [4.69, 9.17) is 4.74 Å². The Balaban J connectivity index is 1.70. The van der Waals surface area contributed by atoms with Crippen LogP contribution in [0, 0.1) is 25.5 Å². The molecule has 3 rings (SSSR count). The van der Waals surface area contributed by atoms with E-state index in [1.807, 2.05) is 25.5 Å². The Labute approximate surface area is 174 Å². The molecule has 0 fully saturated rings. The molecular weight excluding hydrogens is 388 g/mol. The van der Waals surface area contributed by atoms with Crippen molar-refractivity contribution in [2.75, 3.05) is 7.05 Å². The second kappa shape index (κ2) is 9.07. The fraction of sp³-hybridized carbons (Fsp3) is 0.304. The minimum Gasteiger partial charge on any atom is -0.486 e. The van der Waals surface area contributed by atoms with Crippen LogP contribution in [0.5, 0.6) is 5.75 Å². The Hall–Kier alpha value is -3.22. The number of nitrogens with zero attached hydrogens (tertiary/aromatic N) is 3. The summed E-state index contributed by atoms with van der Waals surface area (Å²) in [6, 6.07) is 10.1. The van der Waals surface area contributed by atoms with Gasteiger partial charge in [-0.15, -0.1) is 0 Å². The third-order valence-electron chi connectivity index (χ3n) is 5.04. The largest absolute Gasteiger partial charge is 0.486 e. The summed E-state index contributed by atoms with van der Waals surface area (Å²) in [5.41, 5.74) is 4.23. The van der Waals surface area contributed by atoms with Crippen molar-refractivity contribution in [3.63, 3.8) is 0 Å². The predicted octanol–water partition coefficient (Wildman–Crippen LogP) is 4.65. The molecule has 2 aromatic carbocycles. The summed E-state index contributed by atoms with van der Waals surface area (Å²) < 4.78 is 34.1. The summed E-state index contributed by atoms with van der Waals surface area (Å²) in [6.45, 7) is 7.28. The van der Waals surface area contributed by atoms with Crippen molar-refractivity contribution < 1.29 is 18.3 Å². The molecule has 30 heavy (non-hydrogen) atoms. The number of benzene rings is 2. The van der Waals surface area contributed by atoms with Gasteiger partial charge in [0, 0.05) is 43.0 Å². The molecule has 0 atom stereocenters. The topological polar surface area (TPSA) is 47.4 Å². The Morgan fingerprint density at radius 2 is 1.93 bits per heavy atom. The molecule has 5 nitrogen and oxygen atoms in total. The van der Waals surface area contributed by atoms with Gasteiger partial charge in [0.1, 0.15) is 12.4 Å². The van der Waals surface area contributed by atoms with Crippen LogP contribution in [0.4, 0.5) is 8.78 Å². The third-order valence-corrected chi connectivity index (χ3v) is 5.04. The number of aryl methyl sites for hydroxylation is 2. The average molecular weight is 413 g/mol. The van der Waals surface area contributed by atoms with E-state index in [2.05, 4.69) is 5.10 Å². The third kappa shape index (κ3) is 4.67. The van der Waals surface area contributed by atoms with Gasteiger partial charge in [-0.3, -0.25) is 9.48 Å². The maximum atomic E-state index is 13.7. The fourth-order valence-electron chi connectivity index (χ4n) is 3.35. The van der Waals surface area contributed by atoms with Crippen molar-refractivity contribution in [2.24, 2.45) is 0 Å². The van der Waals surface area contributed by atoms with Crippen LogP contribution in [-0.4, -0.2) is 27.6 Å². The number of ether oxygens (including phenoxy) is 1. The minimum atomic E-state index is -0.764. The lowest BCUT2D eigenvalue weighted by Crippen LogP contribution is -2.26. The highest BCUT2D eigenvalue weighted by atomic mass is 19.1. The van der Waals surface area contributed by atoms with Gasteiger partial charge >= 0.3 is 0 Å². The summed E-state index contributed by atoms with van der Waals surface area (Å²) in [5.74, 6) is -1.59. The molecule has 0 aliphatic heterocycles. The summed E-state index contributed by atoms with van der Waals surface area (Å²) in [6.07, 6.45) is 0. The second-order valence-electron chi connectivity index (χ2n) is 7.19. The lowest BCUT2D eigenvalue weighted by atomic mass is 10.1. The second-order valence-corrected chi connectivity index (χ2v) is 7.19. The monoisotopic (exact) mass is 413 g/mol. The Bertz CT molecular complexity index is 1060. The molecule has 1 amide bonds. The molecule has 0 unspecified atom stereocenters. The van der Waals surface area contributed by atoms with Gasteiger partial charge in [-0.2, -0.15) is 5.10 Å². The van der Waals surface area contributed by atoms with Crippen LogP contribution >= 0.6 is 0 Å². The first-order chi connectivity index (χ1) is 14.3. The minimum absolute atomic E-state index is 0.0378. The van der Waals surface area contributed by atoms with Crippen LogP contribution in [0.2, 0.25) is 0 Å². The Kier molecular flexibility index (Phi) is 6.50. The SMILES string of the molecule is CCn1nc(C)c(CN(C)C(=O)c2cccc(COc3ccc(F)cc3F)c2)c1C. The van der Waals surface area contributed by atoms with E-state index >= 15 is 0 Å². The summed E-state index contributed by atoms with van der Waals surface area (Å²) in [5, 5.41) is 4.50. The molecule has 0 aliphatic carbocycles. The number of amides is 1. The molecule has 1 heterocycles. The lowest BCUT2D eigenvalue weighted by molar-refractivity contribution is 0.0784. The zero-order valence-corrected chi connectivity index (χ0v) is 17.6. The first kappa shape index (κ1) is 21.5. The molecule has 0 saturated carbocycles. The van der Waals surface area contributed by atoms with Gasteiger partial charge in [-0.05, 0) is 50.6 Å². The van der Waals surface area contributed by atoms with Crippen LogP contribution in [-0.2, 0) is 19.7 Å². The molecule has 0 saturated heterocycles. The van der Waals surface area contributed by atoms with E-state index in [1.54, 1.807) is 36.2 Å². The molecule has 0 aliphatic rings. The number of rotatable bonds is 7. The van der Waals surface area contributed by atoms with Crippen LogP contribution in [0.15, 0.2) is 42.5 Å². The summed E-state index contributed by atoms with van der Waals surface area (Å²) >= 11 is 0. The summed E-state index contributed by atoms with van der Waals surface area (Å²) in [4.78, 5) is 14.6. The van der Waals surface area contributed by atoms with Gasteiger partial charge in [-0.25, -0.2) is 8.78 Å². The number of carbonyl (C=O) groups is 1. The van der Waals surface area contributed by atoms with E-state index in [0.29, 0.717) is 17.7 Å². The quantitative estimate of drug-likeness (QED) is 0.567. The van der Waals surface area contributed by atoms with E-state index in [9.17, 15) is 13.6 Å². The van der Waals surface area contributed by atoms with E-state index in [0.717, 1.165) is 35.6 Å². The smallest absolute Gasteiger partial charge is 0.253 e. The van der Waals surface area contributed by atoms with Crippen LogP contribution in [0.25, 0.3) is 0 Å². The predicted molar refractivity (Wildman–Crippen MR) is 110 cm³/mol. The number of aromatic nitrogens is 2. The van der Waals surface area contributed by atoms with Gasteiger partial charge in [0.2, 0.25) is 0 Å². The molecule has 158 valence electrons. The van der Waals surface area contributed by atoms with Gasteiger partial charge in [-0.1, -0.05) is 12.1 Å². The average Bonchev–Trinajstić information content (AvgIpc) is 3.00. The number of halogens is 2. The van der Waals surface area contributed by atoms with Gasteiger partial charge in [0.25, 0.3) is 5.91 Å². The first-order valence-corrected chi connectivity index (χ1v) is 9.75. The molecule has 0 spiro atoms. The standard InChI is InChI=1S/C23H25F2N3O2/c1-5-28-16(3)20(15(2)26-28)13-27(4)23(29)18-8-6-7-17(11-18)14-30-22-10-9-19(24)12-21(22)25/h6-12H,5,13-14H2,1-4H3. The fourth-order valence-corrected chi connectivity index (χ4v) is 3.35. The van der Waals surface area contributed by atoms with Crippen molar-refractivity contribution in [3.05, 3.63) is 82.2 Å². The normalized spacial score (nSPS) is 10.9. The number of hydrogen-bond acceptors (Lipinski definition) is 3. The first-order valence-electron chi connectivity index (χ1n) is 9.75. The van der Waals surface area contributed by atoms with Gasteiger partial charge < -0.3 is 9.64 Å². The van der Waals surface area contributed by atoms with Gasteiger partial charge in [0.05, 0.1) is 5.69 Å². The molecular formula is C23H25F2N3O2.